The van der Waals surface area contributed by atoms with Gasteiger partial charge < -0.3 is 9.88 Å². The van der Waals surface area contributed by atoms with Crippen LogP contribution in [0.25, 0.3) is 11.0 Å². The fourth-order valence-electron chi connectivity index (χ4n) is 3.41. The van der Waals surface area contributed by atoms with Gasteiger partial charge in [0, 0.05) is 5.69 Å². The third kappa shape index (κ3) is 3.50. The van der Waals surface area contributed by atoms with E-state index in [1.165, 1.54) is 11.1 Å². The highest BCUT2D eigenvalue weighted by Crippen LogP contribution is 2.32. The van der Waals surface area contributed by atoms with Crippen molar-refractivity contribution in [1.82, 2.24) is 9.55 Å². The van der Waals surface area contributed by atoms with Gasteiger partial charge in [0.25, 0.3) is 0 Å². The molecule has 1 heterocycles. The number of rotatable bonds is 5. The van der Waals surface area contributed by atoms with E-state index in [-0.39, 0.29) is 12.5 Å². The first kappa shape index (κ1) is 18.2. The summed E-state index contributed by atoms with van der Waals surface area (Å²) in [6.07, 6.45) is 0. The predicted molar refractivity (Wildman–Crippen MR) is 108 cm³/mol. The van der Waals surface area contributed by atoms with Crippen molar-refractivity contribution in [3.63, 3.8) is 0 Å². The fourth-order valence-corrected chi connectivity index (χ4v) is 3.41. The molecule has 0 spiro atoms. The van der Waals surface area contributed by atoms with Crippen LogP contribution >= 0.6 is 0 Å². The SMILES string of the molecule is Cc1nc2ccccc2n1CC(=O)Nc1c(C(C)C)cccc1C(C)C. The zero-order valence-electron chi connectivity index (χ0n) is 16.2. The lowest BCUT2D eigenvalue weighted by Crippen LogP contribution is -2.21. The Bertz CT molecular complexity index is 911. The summed E-state index contributed by atoms with van der Waals surface area (Å²) in [5, 5.41) is 3.18. The summed E-state index contributed by atoms with van der Waals surface area (Å²) in [5.74, 6) is 1.52. The molecule has 0 aliphatic carbocycles. The molecule has 0 aliphatic rings. The van der Waals surface area contributed by atoms with Crippen LogP contribution in [0.2, 0.25) is 0 Å². The van der Waals surface area contributed by atoms with Gasteiger partial charge in [0.05, 0.1) is 11.0 Å². The number of fused-ring (bicyclic) bond motifs is 1. The molecule has 136 valence electrons. The highest BCUT2D eigenvalue weighted by molar-refractivity contribution is 5.93. The number of benzene rings is 2. The second-order valence-electron chi connectivity index (χ2n) is 7.40. The maximum atomic E-state index is 12.9. The molecule has 1 N–H and O–H groups in total. The Kier molecular flexibility index (Phi) is 5.12. The van der Waals surface area contributed by atoms with E-state index < -0.39 is 0 Å². The molecule has 0 radical (unpaired) electrons. The summed E-state index contributed by atoms with van der Waals surface area (Å²) < 4.78 is 1.97. The minimum absolute atomic E-state index is 0.0220. The number of carbonyl (C=O) groups is 1. The van der Waals surface area contributed by atoms with Crippen molar-refractivity contribution in [3.8, 4) is 0 Å². The largest absolute Gasteiger partial charge is 0.324 e. The van der Waals surface area contributed by atoms with Crippen LogP contribution in [0.5, 0.6) is 0 Å². The standard InChI is InChI=1S/C22H27N3O/c1-14(2)17-9-8-10-18(15(3)4)22(17)24-21(26)13-25-16(5)23-19-11-6-7-12-20(19)25/h6-12,14-15H,13H2,1-5H3,(H,24,26). The Balaban J connectivity index is 1.92. The minimum atomic E-state index is -0.0220. The Morgan fingerprint density at radius 1 is 1.00 bits per heavy atom. The molecular weight excluding hydrogens is 322 g/mol. The Hall–Kier alpha value is -2.62. The maximum absolute atomic E-state index is 12.9. The Morgan fingerprint density at radius 3 is 2.23 bits per heavy atom. The van der Waals surface area contributed by atoms with E-state index in [0.717, 1.165) is 22.5 Å². The predicted octanol–water partition coefficient (Wildman–Crippen LogP) is 5.23. The second kappa shape index (κ2) is 7.32. The first-order valence-electron chi connectivity index (χ1n) is 9.23. The Morgan fingerprint density at radius 2 is 1.62 bits per heavy atom. The zero-order chi connectivity index (χ0) is 18.8. The molecular formula is C22H27N3O. The monoisotopic (exact) mass is 349 g/mol. The summed E-state index contributed by atoms with van der Waals surface area (Å²) in [5.41, 5.74) is 5.22. The van der Waals surface area contributed by atoms with Gasteiger partial charge in [-0.25, -0.2) is 4.98 Å². The van der Waals surface area contributed by atoms with Gasteiger partial charge in [-0.1, -0.05) is 58.0 Å². The summed E-state index contributed by atoms with van der Waals surface area (Å²) in [6, 6.07) is 14.2. The first-order valence-corrected chi connectivity index (χ1v) is 9.23. The van der Waals surface area contributed by atoms with E-state index in [0.29, 0.717) is 11.8 Å². The number of imidazole rings is 1. The molecule has 0 saturated carbocycles. The molecule has 0 saturated heterocycles. The molecule has 3 aromatic rings. The number of para-hydroxylation sites is 3. The highest BCUT2D eigenvalue weighted by Gasteiger charge is 2.17. The first-order chi connectivity index (χ1) is 12.4. The number of hydrogen-bond donors (Lipinski definition) is 1. The molecule has 0 fully saturated rings. The third-order valence-electron chi connectivity index (χ3n) is 4.78. The van der Waals surface area contributed by atoms with Gasteiger partial charge in [0.1, 0.15) is 12.4 Å². The lowest BCUT2D eigenvalue weighted by molar-refractivity contribution is -0.116. The van der Waals surface area contributed by atoms with Crippen LogP contribution in [-0.4, -0.2) is 15.5 Å². The van der Waals surface area contributed by atoms with Gasteiger partial charge >= 0.3 is 0 Å². The molecule has 0 bridgehead atoms. The van der Waals surface area contributed by atoms with Crippen LogP contribution < -0.4 is 5.32 Å². The van der Waals surface area contributed by atoms with Gasteiger partial charge in [0.2, 0.25) is 5.91 Å². The summed E-state index contributed by atoms with van der Waals surface area (Å²) in [7, 11) is 0. The molecule has 26 heavy (non-hydrogen) atoms. The van der Waals surface area contributed by atoms with Crippen molar-refractivity contribution in [2.75, 3.05) is 5.32 Å². The molecule has 4 heteroatoms. The molecule has 0 atom stereocenters. The van der Waals surface area contributed by atoms with E-state index >= 15 is 0 Å². The van der Waals surface area contributed by atoms with E-state index in [2.05, 4.69) is 56.2 Å². The summed E-state index contributed by atoms with van der Waals surface area (Å²) in [4.78, 5) is 17.4. The van der Waals surface area contributed by atoms with Gasteiger partial charge in [-0.05, 0) is 42.0 Å². The zero-order valence-corrected chi connectivity index (χ0v) is 16.2. The number of amides is 1. The van der Waals surface area contributed by atoms with Crippen molar-refractivity contribution < 1.29 is 4.79 Å². The van der Waals surface area contributed by atoms with E-state index in [1.54, 1.807) is 0 Å². The van der Waals surface area contributed by atoms with Gasteiger partial charge in [-0.15, -0.1) is 0 Å². The van der Waals surface area contributed by atoms with Crippen molar-refractivity contribution in [3.05, 3.63) is 59.4 Å². The number of carbonyl (C=O) groups excluding carboxylic acids is 1. The van der Waals surface area contributed by atoms with E-state index in [4.69, 9.17) is 0 Å². The van der Waals surface area contributed by atoms with Crippen LogP contribution in [0, 0.1) is 6.92 Å². The highest BCUT2D eigenvalue weighted by atomic mass is 16.1. The number of nitrogens with zero attached hydrogens (tertiary/aromatic N) is 2. The summed E-state index contributed by atoms with van der Waals surface area (Å²) >= 11 is 0. The smallest absolute Gasteiger partial charge is 0.244 e. The second-order valence-corrected chi connectivity index (χ2v) is 7.40. The number of anilines is 1. The van der Waals surface area contributed by atoms with E-state index in [9.17, 15) is 4.79 Å². The molecule has 4 nitrogen and oxygen atoms in total. The Labute approximate surface area is 155 Å². The number of hydrogen-bond acceptors (Lipinski definition) is 2. The number of nitrogens with one attached hydrogen (secondary N) is 1. The van der Waals surface area contributed by atoms with Crippen LogP contribution in [-0.2, 0) is 11.3 Å². The van der Waals surface area contributed by atoms with Crippen LogP contribution in [0.4, 0.5) is 5.69 Å². The fraction of sp³-hybridized carbons (Fsp3) is 0.364. The van der Waals surface area contributed by atoms with Crippen LogP contribution in [0.1, 0.15) is 56.5 Å². The lowest BCUT2D eigenvalue weighted by atomic mass is 9.92. The van der Waals surface area contributed by atoms with Crippen LogP contribution in [0.15, 0.2) is 42.5 Å². The molecule has 1 amide bonds. The third-order valence-corrected chi connectivity index (χ3v) is 4.78. The average Bonchev–Trinajstić information content (AvgIpc) is 2.90. The van der Waals surface area contributed by atoms with Gasteiger partial charge in [0.15, 0.2) is 0 Å². The molecule has 0 aliphatic heterocycles. The molecule has 1 aromatic heterocycles. The van der Waals surface area contributed by atoms with Crippen molar-refractivity contribution in [2.24, 2.45) is 0 Å². The molecule has 2 aromatic carbocycles. The van der Waals surface area contributed by atoms with Crippen molar-refractivity contribution >= 4 is 22.6 Å². The normalized spacial score (nSPS) is 11.5. The van der Waals surface area contributed by atoms with Crippen molar-refractivity contribution in [2.45, 2.75) is 53.0 Å². The number of aromatic nitrogens is 2. The quantitative estimate of drug-likeness (QED) is 0.685. The molecule has 3 rings (SSSR count). The van der Waals surface area contributed by atoms with Gasteiger partial charge in [-0.3, -0.25) is 4.79 Å². The maximum Gasteiger partial charge on any atom is 0.244 e. The summed E-state index contributed by atoms with van der Waals surface area (Å²) in [6.45, 7) is 10.8. The van der Waals surface area contributed by atoms with Gasteiger partial charge in [-0.2, -0.15) is 0 Å². The van der Waals surface area contributed by atoms with E-state index in [1.807, 2.05) is 35.8 Å². The lowest BCUT2D eigenvalue weighted by Gasteiger charge is -2.20. The van der Waals surface area contributed by atoms with Crippen LogP contribution in [0.3, 0.4) is 0 Å². The average molecular weight is 349 g/mol. The minimum Gasteiger partial charge on any atom is -0.324 e. The van der Waals surface area contributed by atoms with Crippen molar-refractivity contribution in [1.29, 1.82) is 0 Å². The topological polar surface area (TPSA) is 46.9 Å². The molecule has 0 unspecified atom stereocenters. The number of aryl methyl sites for hydroxylation is 1.